The third kappa shape index (κ3) is 2.04. The SMILES string of the molecule is Cc1ncc(SNc2cccc3c(Cl)[nH]nc23)o1. The van der Waals surface area contributed by atoms with Crippen molar-refractivity contribution < 1.29 is 4.42 Å². The molecule has 18 heavy (non-hydrogen) atoms. The highest BCUT2D eigenvalue weighted by atomic mass is 35.5. The smallest absolute Gasteiger partial charge is 0.201 e. The second-order valence-electron chi connectivity index (χ2n) is 3.64. The number of aromatic nitrogens is 3. The van der Waals surface area contributed by atoms with Crippen molar-refractivity contribution >= 4 is 40.1 Å². The molecule has 0 radical (unpaired) electrons. The van der Waals surface area contributed by atoms with Crippen molar-refractivity contribution in [2.45, 2.75) is 12.0 Å². The molecule has 3 rings (SSSR count). The molecule has 7 heteroatoms. The number of anilines is 1. The third-order valence-electron chi connectivity index (χ3n) is 2.40. The van der Waals surface area contributed by atoms with Crippen molar-refractivity contribution in [1.29, 1.82) is 0 Å². The average Bonchev–Trinajstić information content (AvgIpc) is 2.94. The molecule has 2 heterocycles. The molecule has 0 unspecified atom stereocenters. The van der Waals surface area contributed by atoms with Crippen molar-refractivity contribution in [3.63, 3.8) is 0 Å². The summed E-state index contributed by atoms with van der Waals surface area (Å²) in [6.07, 6.45) is 1.67. The van der Waals surface area contributed by atoms with Crippen LogP contribution in [0.15, 0.2) is 33.9 Å². The van der Waals surface area contributed by atoms with E-state index in [4.69, 9.17) is 16.0 Å². The first-order chi connectivity index (χ1) is 8.74. The van der Waals surface area contributed by atoms with Gasteiger partial charge in [0.2, 0.25) is 5.09 Å². The fourth-order valence-electron chi connectivity index (χ4n) is 1.58. The third-order valence-corrected chi connectivity index (χ3v) is 3.40. The van der Waals surface area contributed by atoms with E-state index in [0.29, 0.717) is 16.1 Å². The lowest BCUT2D eigenvalue weighted by Crippen LogP contribution is -1.87. The Hall–Kier alpha value is -1.66. The van der Waals surface area contributed by atoms with Crippen molar-refractivity contribution in [3.05, 3.63) is 35.4 Å². The number of benzene rings is 1. The van der Waals surface area contributed by atoms with E-state index in [1.54, 1.807) is 13.1 Å². The summed E-state index contributed by atoms with van der Waals surface area (Å²) in [5, 5.41) is 9.03. The topological polar surface area (TPSA) is 66.7 Å². The highest BCUT2D eigenvalue weighted by Gasteiger charge is 2.08. The quantitative estimate of drug-likeness (QED) is 0.717. The van der Waals surface area contributed by atoms with Gasteiger partial charge in [-0.3, -0.25) is 5.10 Å². The van der Waals surface area contributed by atoms with E-state index in [0.717, 1.165) is 16.6 Å². The van der Waals surface area contributed by atoms with E-state index in [1.165, 1.54) is 11.9 Å². The Labute approximate surface area is 112 Å². The second kappa shape index (κ2) is 4.55. The van der Waals surface area contributed by atoms with Crippen LogP contribution >= 0.6 is 23.5 Å². The van der Waals surface area contributed by atoms with Crippen LogP contribution < -0.4 is 4.72 Å². The zero-order chi connectivity index (χ0) is 12.5. The number of oxazole rings is 1. The van der Waals surface area contributed by atoms with E-state index >= 15 is 0 Å². The second-order valence-corrected chi connectivity index (χ2v) is 4.83. The maximum atomic E-state index is 5.98. The van der Waals surface area contributed by atoms with E-state index in [1.807, 2.05) is 18.2 Å². The lowest BCUT2D eigenvalue weighted by molar-refractivity contribution is 0.442. The van der Waals surface area contributed by atoms with Crippen molar-refractivity contribution in [2.24, 2.45) is 0 Å². The summed E-state index contributed by atoms with van der Waals surface area (Å²) in [7, 11) is 0. The van der Waals surface area contributed by atoms with Gasteiger partial charge in [0.05, 0.1) is 11.9 Å². The van der Waals surface area contributed by atoms with Crippen LogP contribution in [0.2, 0.25) is 5.15 Å². The summed E-state index contributed by atoms with van der Waals surface area (Å²) in [5.74, 6) is 0.639. The Balaban J connectivity index is 1.86. The fourth-order valence-corrected chi connectivity index (χ4v) is 2.42. The monoisotopic (exact) mass is 280 g/mol. The number of aryl methyl sites for hydroxylation is 1. The van der Waals surface area contributed by atoms with Crippen LogP contribution in [0.4, 0.5) is 5.69 Å². The molecule has 0 bridgehead atoms. The largest absolute Gasteiger partial charge is 0.433 e. The number of hydrogen-bond donors (Lipinski definition) is 2. The van der Waals surface area contributed by atoms with E-state index in [9.17, 15) is 0 Å². The molecule has 0 aliphatic carbocycles. The standard InChI is InChI=1S/C11H9ClN4OS/c1-6-13-5-9(17-6)18-16-8-4-2-3-7-10(8)14-15-11(7)12/h2-5,16H,1H3,(H,14,15). The van der Waals surface area contributed by atoms with Crippen LogP contribution in [0.25, 0.3) is 10.9 Å². The summed E-state index contributed by atoms with van der Waals surface area (Å²) in [6.45, 7) is 1.80. The molecule has 0 amide bonds. The lowest BCUT2D eigenvalue weighted by atomic mass is 10.2. The van der Waals surface area contributed by atoms with E-state index in [2.05, 4.69) is 19.9 Å². The summed E-state index contributed by atoms with van der Waals surface area (Å²) >= 11 is 7.33. The summed E-state index contributed by atoms with van der Waals surface area (Å²) in [4.78, 5) is 4.02. The summed E-state index contributed by atoms with van der Waals surface area (Å²) in [5.41, 5.74) is 1.67. The summed E-state index contributed by atoms with van der Waals surface area (Å²) < 4.78 is 8.53. The van der Waals surface area contributed by atoms with Crippen LogP contribution in [-0.2, 0) is 0 Å². The van der Waals surface area contributed by atoms with Gasteiger partial charge in [-0.05, 0) is 12.1 Å². The maximum absolute atomic E-state index is 5.98. The lowest BCUT2D eigenvalue weighted by Gasteiger charge is -2.03. The van der Waals surface area contributed by atoms with Crippen LogP contribution in [0.3, 0.4) is 0 Å². The van der Waals surface area contributed by atoms with Gasteiger partial charge in [0.15, 0.2) is 5.89 Å². The molecule has 92 valence electrons. The van der Waals surface area contributed by atoms with Crippen LogP contribution in [-0.4, -0.2) is 15.2 Å². The molecule has 2 N–H and O–H groups in total. The number of nitrogens with zero attached hydrogens (tertiary/aromatic N) is 2. The predicted molar refractivity (Wildman–Crippen MR) is 71.8 cm³/mol. The van der Waals surface area contributed by atoms with Gasteiger partial charge in [-0.2, -0.15) is 5.10 Å². The van der Waals surface area contributed by atoms with E-state index in [-0.39, 0.29) is 0 Å². The number of halogens is 1. The Morgan fingerprint density at radius 3 is 3.11 bits per heavy atom. The molecule has 3 aromatic rings. The maximum Gasteiger partial charge on any atom is 0.201 e. The summed E-state index contributed by atoms with van der Waals surface area (Å²) in [6, 6.07) is 5.75. The minimum atomic E-state index is 0.536. The van der Waals surface area contributed by atoms with Gasteiger partial charge in [0.1, 0.15) is 10.7 Å². The normalized spacial score (nSPS) is 11.0. The molecule has 0 aliphatic rings. The number of fused-ring (bicyclic) bond motifs is 1. The van der Waals surface area contributed by atoms with Crippen LogP contribution in [0.5, 0.6) is 0 Å². The Morgan fingerprint density at radius 1 is 1.44 bits per heavy atom. The highest BCUT2D eigenvalue weighted by molar-refractivity contribution is 8.00. The van der Waals surface area contributed by atoms with Gasteiger partial charge in [0.25, 0.3) is 0 Å². The Morgan fingerprint density at radius 2 is 2.33 bits per heavy atom. The van der Waals surface area contributed by atoms with Crippen molar-refractivity contribution in [1.82, 2.24) is 15.2 Å². The number of H-pyrrole nitrogens is 1. The number of nitrogens with one attached hydrogen (secondary N) is 2. The van der Waals surface area contributed by atoms with Gasteiger partial charge >= 0.3 is 0 Å². The number of rotatable bonds is 3. The molecular weight excluding hydrogens is 272 g/mol. The predicted octanol–water partition coefficient (Wildman–Crippen LogP) is 3.63. The molecule has 5 nitrogen and oxygen atoms in total. The molecule has 0 saturated heterocycles. The zero-order valence-electron chi connectivity index (χ0n) is 9.40. The Bertz CT molecular complexity index is 693. The molecule has 0 aliphatic heterocycles. The zero-order valence-corrected chi connectivity index (χ0v) is 11.0. The van der Waals surface area contributed by atoms with Crippen molar-refractivity contribution in [2.75, 3.05) is 4.72 Å². The molecule has 0 atom stereocenters. The van der Waals surface area contributed by atoms with Gasteiger partial charge in [-0.25, -0.2) is 4.98 Å². The number of hydrogen-bond acceptors (Lipinski definition) is 5. The molecule has 2 aromatic heterocycles. The van der Waals surface area contributed by atoms with Gasteiger partial charge < -0.3 is 9.14 Å². The minimum absolute atomic E-state index is 0.536. The number of para-hydroxylation sites is 1. The van der Waals surface area contributed by atoms with Gasteiger partial charge in [0, 0.05) is 24.3 Å². The minimum Gasteiger partial charge on any atom is -0.433 e. The first-order valence-corrected chi connectivity index (χ1v) is 6.41. The fraction of sp³-hybridized carbons (Fsp3) is 0.0909. The first kappa shape index (κ1) is 11.4. The first-order valence-electron chi connectivity index (χ1n) is 5.22. The number of aromatic amines is 1. The molecular formula is C11H9ClN4OS. The molecule has 0 saturated carbocycles. The van der Waals surface area contributed by atoms with Gasteiger partial charge in [-0.15, -0.1) is 0 Å². The van der Waals surface area contributed by atoms with Crippen LogP contribution in [0.1, 0.15) is 5.89 Å². The van der Waals surface area contributed by atoms with Crippen LogP contribution in [0, 0.1) is 6.92 Å². The Kier molecular flexibility index (Phi) is 2.89. The molecule has 0 fully saturated rings. The average molecular weight is 281 g/mol. The molecule has 1 aromatic carbocycles. The van der Waals surface area contributed by atoms with Crippen molar-refractivity contribution in [3.8, 4) is 0 Å². The van der Waals surface area contributed by atoms with E-state index < -0.39 is 0 Å². The molecule has 0 spiro atoms. The van der Waals surface area contributed by atoms with Gasteiger partial charge in [-0.1, -0.05) is 17.7 Å². The highest BCUT2D eigenvalue weighted by Crippen LogP contribution is 2.29.